The summed E-state index contributed by atoms with van der Waals surface area (Å²) in [5.74, 6) is -2.63. The molecule has 0 amide bonds. The summed E-state index contributed by atoms with van der Waals surface area (Å²) in [5, 5.41) is 30.7. The maximum Gasteiger partial charge on any atom is 0.305 e. The van der Waals surface area contributed by atoms with Crippen molar-refractivity contribution in [2.45, 2.75) is 74.8 Å². The third kappa shape index (κ3) is 2.95. The molecule has 3 aliphatic heterocycles. The summed E-state index contributed by atoms with van der Waals surface area (Å²) >= 11 is 0. The van der Waals surface area contributed by atoms with Crippen LogP contribution in [-0.4, -0.2) is 93.7 Å². The molecular weight excluding hydrogens is 450 g/mol. The van der Waals surface area contributed by atoms with Gasteiger partial charge in [0.2, 0.25) is 5.78 Å². The first-order valence-corrected chi connectivity index (χ1v) is 11.1. The van der Waals surface area contributed by atoms with Gasteiger partial charge in [0.05, 0.1) is 35.9 Å². The van der Waals surface area contributed by atoms with E-state index in [1.807, 2.05) is 0 Å². The third-order valence-electron chi connectivity index (χ3n) is 7.30. The average molecular weight is 477 g/mol. The van der Waals surface area contributed by atoms with Gasteiger partial charge in [0.15, 0.2) is 23.3 Å². The highest BCUT2D eigenvalue weighted by Crippen LogP contribution is 2.64. The quantitative estimate of drug-likeness (QED) is 0.522. The predicted octanol–water partition coefficient (Wildman–Crippen LogP) is 0.614. The molecule has 3 heterocycles. The Morgan fingerprint density at radius 2 is 1.85 bits per heavy atom. The molecule has 1 aromatic carbocycles. The minimum atomic E-state index is -1.62. The number of hydrogen-bond acceptors (Lipinski definition) is 10. The van der Waals surface area contributed by atoms with Crippen LogP contribution in [0.4, 0.5) is 0 Å². The average Bonchev–Trinajstić information content (AvgIpc) is 3.46. The molecule has 11 heteroatoms. The van der Waals surface area contributed by atoms with Gasteiger partial charge in [0, 0.05) is 12.0 Å². The first-order chi connectivity index (χ1) is 15.9. The number of rotatable bonds is 4. The molecule has 11 nitrogen and oxygen atoms in total. The highest BCUT2D eigenvalue weighted by molar-refractivity contribution is 6.26. The Morgan fingerprint density at radius 3 is 2.50 bits per heavy atom. The van der Waals surface area contributed by atoms with Gasteiger partial charge in [-0.15, -0.1) is 0 Å². The van der Waals surface area contributed by atoms with Crippen LogP contribution in [0.5, 0.6) is 5.75 Å². The molecule has 0 radical (unpaired) electrons. The second kappa shape index (κ2) is 7.54. The molecule has 0 bridgehead atoms. The molecular formula is C23H27NO10. The highest BCUT2D eigenvalue weighted by atomic mass is 16.7. The standard InChI is InChI=1S/C23H27NO10/c1-9-16(27)20(24(3)4)33-21(31-9)13-6-5-12-15(17(13)28)19(30)23-10(2)32-11(7-14(25)26)8-22(23,34-23)18(12)29/h5-6,9-11,16,20-21,27-28H,7-8H2,1-4H3,(H,25,26)/t9-,10+,11+,16-,20-,21-,22?,23?/m1/s1. The fourth-order valence-electron chi connectivity index (χ4n) is 5.58. The van der Waals surface area contributed by atoms with Crippen molar-refractivity contribution < 1.29 is 48.7 Å². The van der Waals surface area contributed by atoms with Gasteiger partial charge in [-0.05, 0) is 40.1 Å². The van der Waals surface area contributed by atoms with E-state index in [4.69, 9.17) is 24.1 Å². The van der Waals surface area contributed by atoms with Crippen LogP contribution in [0.15, 0.2) is 12.1 Å². The van der Waals surface area contributed by atoms with E-state index in [1.54, 1.807) is 32.8 Å². The number of aliphatic hydroxyl groups excluding tert-OH is 1. The van der Waals surface area contributed by atoms with Crippen molar-refractivity contribution in [3.05, 3.63) is 28.8 Å². The lowest BCUT2D eigenvalue weighted by Gasteiger charge is -2.41. The molecule has 3 N–H and O–H groups in total. The number of benzene rings is 1. The van der Waals surface area contributed by atoms with Gasteiger partial charge in [-0.25, -0.2) is 0 Å². The minimum Gasteiger partial charge on any atom is -0.507 e. The van der Waals surface area contributed by atoms with Crippen molar-refractivity contribution in [2.75, 3.05) is 14.1 Å². The topological polar surface area (TPSA) is 155 Å². The molecule has 3 saturated heterocycles. The zero-order valence-corrected chi connectivity index (χ0v) is 19.2. The number of nitrogens with zero attached hydrogens (tertiary/aromatic N) is 1. The SMILES string of the molecule is C[C@@H]1O[C@@H](CC(=O)O)CC23OC12C(=O)c1c(ccc([C@H]2O[C@@H](N(C)C)[C@H](O)[C@@H](C)O2)c1O)C3=O. The molecule has 34 heavy (non-hydrogen) atoms. The Labute approximate surface area is 195 Å². The lowest BCUT2D eigenvalue weighted by Crippen LogP contribution is -2.57. The second-order valence-electron chi connectivity index (χ2n) is 9.61. The number of likely N-dealkylation sites (N-methyl/N-ethyl adjacent to an activating group) is 1. The van der Waals surface area contributed by atoms with E-state index >= 15 is 0 Å². The van der Waals surface area contributed by atoms with Gasteiger partial charge >= 0.3 is 5.97 Å². The fourth-order valence-corrected chi connectivity index (χ4v) is 5.58. The van der Waals surface area contributed by atoms with E-state index in [1.165, 1.54) is 12.1 Å². The zero-order valence-electron chi connectivity index (χ0n) is 19.2. The maximum atomic E-state index is 13.7. The number of carbonyl (C=O) groups excluding carboxylic acids is 2. The molecule has 2 unspecified atom stereocenters. The van der Waals surface area contributed by atoms with Crippen molar-refractivity contribution in [3.63, 3.8) is 0 Å². The number of Topliss-reactive ketones (excluding diaryl/α,β-unsaturated/α-hetero) is 2. The summed E-state index contributed by atoms with van der Waals surface area (Å²) in [7, 11) is 3.45. The summed E-state index contributed by atoms with van der Waals surface area (Å²) in [4.78, 5) is 40.0. The number of aliphatic carboxylic acids is 1. The summed E-state index contributed by atoms with van der Waals surface area (Å²) in [6, 6.07) is 2.87. The van der Waals surface area contributed by atoms with Gasteiger partial charge in [-0.2, -0.15) is 0 Å². The largest absolute Gasteiger partial charge is 0.507 e. The molecule has 3 fully saturated rings. The molecule has 0 aromatic heterocycles. The smallest absolute Gasteiger partial charge is 0.305 e. The van der Waals surface area contributed by atoms with E-state index in [0.717, 1.165) is 0 Å². The summed E-state index contributed by atoms with van der Waals surface area (Å²) in [6.45, 7) is 3.23. The number of carboxylic acid groups (broad SMARTS) is 1. The lowest BCUT2D eigenvalue weighted by molar-refractivity contribution is -0.311. The van der Waals surface area contributed by atoms with Crippen LogP contribution in [0.25, 0.3) is 0 Å². The Bertz CT molecular complexity index is 1090. The number of ketones is 2. The summed E-state index contributed by atoms with van der Waals surface area (Å²) in [6.07, 6.45) is -5.45. The molecule has 1 aromatic rings. The van der Waals surface area contributed by atoms with Crippen LogP contribution < -0.4 is 0 Å². The van der Waals surface area contributed by atoms with E-state index < -0.39 is 71.4 Å². The predicted molar refractivity (Wildman–Crippen MR) is 112 cm³/mol. The number of hydrogen-bond donors (Lipinski definition) is 3. The number of aliphatic hydroxyl groups is 1. The van der Waals surface area contributed by atoms with Crippen molar-refractivity contribution >= 4 is 17.5 Å². The number of epoxide rings is 1. The van der Waals surface area contributed by atoms with E-state index in [0.29, 0.717) is 0 Å². The molecule has 8 atom stereocenters. The Balaban J connectivity index is 1.53. The zero-order chi connectivity index (χ0) is 24.7. The maximum absolute atomic E-state index is 13.7. The summed E-state index contributed by atoms with van der Waals surface area (Å²) in [5.41, 5.74) is -3.18. The van der Waals surface area contributed by atoms with Crippen LogP contribution in [0.1, 0.15) is 59.3 Å². The lowest BCUT2D eigenvalue weighted by atomic mass is 9.67. The van der Waals surface area contributed by atoms with Gasteiger partial charge in [0.25, 0.3) is 0 Å². The highest BCUT2D eigenvalue weighted by Gasteiger charge is 2.85. The Kier molecular flexibility index (Phi) is 5.18. The van der Waals surface area contributed by atoms with Gasteiger partial charge < -0.3 is 34.3 Å². The van der Waals surface area contributed by atoms with Crippen molar-refractivity contribution in [1.82, 2.24) is 4.90 Å². The third-order valence-corrected chi connectivity index (χ3v) is 7.30. The fraction of sp³-hybridized carbons (Fsp3) is 0.609. The van der Waals surface area contributed by atoms with Crippen LogP contribution in [-0.2, 0) is 23.7 Å². The minimum absolute atomic E-state index is 0.00407. The van der Waals surface area contributed by atoms with Crippen molar-refractivity contribution in [3.8, 4) is 5.75 Å². The van der Waals surface area contributed by atoms with Gasteiger partial charge in [-0.1, -0.05) is 0 Å². The van der Waals surface area contributed by atoms with Gasteiger partial charge in [-0.3, -0.25) is 19.3 Å². The molecule has 4 aliphatic rings. The monoisotopic (exact) mass is 477 g/mol. The van der Waals surface area contributed by atoms with Crippen LogP contribution >= 0.6 is 0 Å². The Hall–Kier alpha value is -2.41. The number of phenols is 1. The first-order valence-electron chi connectivity index (χ1n) is 11.1. The molecule has 1 aliphatic carbocycles. The number of aromatic hydroxyl groups is 1. The number of carbonyl (C=O) groups is 3. The first kappa shape index (κ1) is 23.3. The normalized spacial score (nSPS) is 41.0. The van der Waals surface area contributed by atoms with Crippen molar-refractivity contribution in [1.29, 1.82) is 0 Å². The number of fused-ring (bicyclic) bond motifs is 1. The van der Waals surface area contributed by atoms with E-state index in [2.05, 4.69) is 0 Å². The van der Waals surface area contributed by atoms with Crippen LogP contribution in [0, 0.1) is 0 Å². The van der Waals surface area contributed by atoms with E-state index in [9.17, 15) is 24.6 Å². The Morgan fingerprint density at radius 1 is 1.15 bits per heavy atom. The van der Waals surface area contributed by atoms with Crippen LogP contribution in [0.2, 0.25) is 0 Å². The molecule has 5 rings (SSSR count). The number of phenolic OH excluding ortho intramolecular Hbond substituents is 1. The van der Waals surface area contributed by atoms with Crippen molar-refractivity contribution in [2.24, 2.45) is 0 Å². The second-order valence-corrected chi connectivity index (χ2v) is 9.61. The summed E-state index contributed by atoms with van der Waals surface area (Å²) < 4.78 is 23.2. The molecule has 0 spiro atoms. The molecule has 0 saturated carbocycles. The van der Waals surface area contributed by atoms with E-state index in [-0.39, 0.29) is 29.5 Å². The molecule has 184 valence electrons. The van der Waals surface area contributed by atoms with Crippen LogP contribution in [0.3, 0.4) is 0 Å². The van der Waals surface area contributed by atoms with Gasteiger partial charge in [0.1, 0.15) is 18.1 Å². The number of ether oxygens (including phenoxy) is 4. The number of carboxylic acids is 1.